The van der Waals surface area contributed by atoms with Gasteiger partial charge in [-0.2, -0.15) is 0 Å². The van der Waals surface area contributed by atoms with Crippen LogP contribution in [0.5, 0.6) is 5.75 Å². The maximum absolute atomic E-state index is 12.7. The van der Waals surface area contributed by atoms with Gasteiger partial charge in [-0.1, -0.05) is 11.6 Å². The molecular weight excluding hydrogens is 430 g/mol. The first-order valence-electron chi connectivity index (χ1n) is 9.07. The number of nitrogens with one attached hydrogen (secondary N) is 2. The molecule has 0 aromatic heterocycles. The molecule has 0 aliphatic carbocycles. The monoisotopic (exact) mass is 451 g/mol. The Morgan fingerprint density at radius 2 is 1.81 bits per heavy atom. The first-order valence-corrected chi connectivity index (χ1v) is 9.45. The van der Waals surface area contributed by atoms with Gasteiger partial charge >= 0.3 is 0 Å². The highest BCUT2D eigenvalue weighted by Gasteiger charge is 2.24. The second-order valence-corrected chi connectivity index (χ2v) is 7.30. The van der Waals surface area contributed by atoms with Gasteiger partial charge in [0.25, 0.3) is 17.3 Å². The molecule has 0 radical (unpaired) electrons. The Morgan fingerprint density at radius 1 is 1.16 bits per heavy atom. The van der Waals surface area contributed by atoms with Crippen molar-refractivity contribution in [3.05, 3.63) is 61.1 Å². The lowest BCUT2D eigenvalue weighted by Gasteiger charge is -2.19. The van der Waals surface area contributed by atoms with Gasteiger partial charge in [-0.25, -0.2) is 0 Å². The molecule has 0 aliphatic heterocycles. The lowest BCUT2D eigenvalue weighted by molar-refractivity contribution is -0.384. The maximum Gasteiger partial charge on any atom is 0.293 e. The van der Waals surface area contributed by atoms with Crippen LogP contribution < -0.4 is 20.3 Å². The molecule has 2 N–H and O–H groups in total. The fraction of sp³-hybridized carbons (Fsp3) is 0.316. The molecule has 31 heavy (non-hydrogen) atoms. The second kappa shape index (κ2) is 9.94. The smallest absolute Gasteiger partial charge is 0.293 e. The number of rotatable bonds is 9. The van der Waals surface area contributed by atoms with Crippen molar-refractivity contribution in [2.75, 3.05) is 38.0 Å². The van der Waals surface area contributed by atoms with E-state index in [1.54, 1.807) is 25.9 Å². The zero-order valence-electron chi connectivity index (χ0n) is 17.3. The van der Waals surface area contributed by atoms with Crippen molar-refractivity contribution >= 4 is 40.3 Å². The quantitative estimate of drug-likeness (QED) is 0.436. The number of nitro groups is 2. The lowest BCUT2D eigenvalue weighted by atomic mass is 10.1. The van der Waals surface area contributed by atoms with Crippen molar-refractivity contribution in [2.45, 2.75) is 13.0 Å². The summed E-state index contributed by atoms with van der Waals surface area (Å²) >= 11 is 5.80. The van der Waals surface area contributed by atoms with E-state index in [9.17, 15) is 25.0 Å². The summed E-state index contributed by atoms with van der Waals surface area (Å²) in [4.78, 5) is 35.8. The number of nitrogens with zero attached hydrogens (tertiary/aromatic N) is 3. The zero-order valence-corrected chi connectivity index (χ0v) is 18.1. The summed E-state index contributed by atoms with van der Waals surface area (Å²) in [6.07, 6.45) is 0. The van der Waals surface area contributed by atoms with E-state index in [-0.39, 0.29) is 39.9 Å². The molecule has 11 nitrogen and oxygen atoms in total. The largest absolute Gasteiger partial charge is 0.496 e. The number of halogens is 1. The predicted molar refractivity (Wildman–Crippen MR) is 117 cm³/mol. The number of hydrogen-bond acceptors (Lipinski definition) is 8. The lowest BCUT2D eigenvalue weighted by Crippen LogP contribution is -2.37. The molecule has 0 fully saturated rings. The minimum absolute atomic E-state index is 0.00382. The van der Waals surface area contributed by atoms with E-state index in [1.165, 1.54) is 31.4 Å². The molecule has 2 rings (SSSR count). The molecule has 2 aromatic carbocycles. The van der Waals surface area contributed by atoms with Crippen LogP contribution in [0.15, 0.2) is 30.3 Å². The van der Waals surface area contributed by atoms with Crippen LogP contribution in [0, 0.1) is 20.2 Å². The van der Waals surface area contributed by atoms with Crippen LogP contribution in [-0.4, -0.2) is 49.5 Å². The topological polar surface area (TPSA) is 140 Å². The van der Waals surface area contributed by atoms with Crippen molar-refractivity contribution in [1.29, 1.82) is 0 Å². The summed E-state index contributed by atoms with van der Waals surface area (Å²) in [5.41, 5.74) is 0.118. The molecule has 2 aromatic rings. The van der Waals surface area contributed by atoms with Crippen molar-refractivity contribution in [3.8, 4) is 5.75 Å². The highest BCUT2D eigenvalue weighted by atomic mass is 35.5. The Kier molecular flexibility index (Phi) is 7.59. The van der Waals surface area contributed by atoms with Gasteiger partial charge in [0.2, 0.25) is 0 Å². The number of ether oxygens (including phenoxy) is 1. The van der Waals surface area contributed by atoms with Crippen LogP contribution in [0.4, 0.5) is 22.7 Å². The van der Waals surface area contributed by atoms with Gasteiger partial charge in [0.15, 0.2) is 0 Å². The Balaban J connectivity index is 2.19. The van der Waals surface area contributed by atoms with Gasteiger partial charge in [0.1, 0.15) is 17.1 Å². The number of hydrogen-bond donors (Lipinski definition) is 2. The number of anilines is 2. The van der Waals surface area contributed by atoms with E-state index in [4.69, 9.17) is 16.3 Å². The summed E-state index contributed by atoms with van der Waals surface area (Å²) in [6, 6.07) is 6.32. The zero-order chi connectivity index (χ0) is 23.3. The summed E-state index contributed by atoms with van der Waals surface area (Å²) in [7, 11) is 4.65. The number of carbonyl (C=O) groups excluding carboxylic acids is 1. The molecule has 12 heteroatoms. The number of benzene rings is 2. The molecule has 0 aliphatic rings. The second-order valence-electron chi connectivity index (χ2n) is 6.87. The molecule has 1 atom stereocenters. The van der Waals surface area contributed by atoms with Crippen molar-refractivity contribution in [1.82, 2.24) is 5.32 Å². The average Bonchev–Trinajstić information content (AvgIpc) is 2.71. The van der Waals surface area contributed by atoms with Crippen molar-refractivity contribution in [2.24, 2.45) is 0 Å². The molecule has 0 unspecified atom stereocenters. The fourth-order valence-corrected chi connectivity index (χ4v) is 3.00. The first-order chi connectivity index (χ1) is 14.5. The number of carbonyl (C=O) groups is 1. The molecule has 0 spiro atoms. The van der Waals surface area contributed by atoms with Gasteiger partial charge in [0.05, 0.1) is 22.5 Å². The third-order valence-corrected chi connectivity index (χ3v) is 4.59. The third-order valence-electron chi connectivity index (χ3n) is 4.35. The van der Waals surface area contributed by atoms with Gasteiger partial charge in [0, 0.05) is 49.9 Å². The van der Waals surface area contributed by atoms with Crippen LogP contribution in [0.2, 0.25) is 5.02 Å². The van der Waals surface area contributed by atoms with E-state index >= 15 is 0 Å². The summed E-state index contributed by atoms with van der Waals surface area (Å²) < 4.78 is 5.24. The minimum Gasteiger partial charge on any atom is -0.496 e. The Morgan fingerprint density at radius 3 is 2.35 bits per heavy atom. The molecule has 0 saturated heterocycles. The van der Waals surface area contributed by atoms with E-state index in [0.717, 1.165) is 6.07 Å². The predicted octanol–water partition coefficient (Wildman–Crippen LogP) is 3.46. The number of nitro benzene ring substituents is 2. The van der Waals surface area contributed by atoms with E-state index < -0.39 is 21.8 Å². The Labute approximate surface area is 183 Å². The number of amides is 1. The SMILES string of the molecule is COc1cc(N(C)C)c([N+](=O)[O-])cc1C(=O)N[C@@H](C)CNc1ccc(Cl)cc1[N+](=O)[O-]. The molecular formula is C19H22ClN5O6. The van der Waals surface area contributed by atoms with Crippen LogP contribution >= 0.6 is 11.6 Å². The summed E-state index contributed by atoms with van der Waals surface area (Å²) in [5.74, 6) is -0.398. The molecule has 0 saturated carbocycles. The maximum atomic E-state index is 12.7. The minimum atomic E-state index is -0.579. The molecule has 166 valence electrons. The summed E-state index contributed by atoms with van der Waals surface area (Å²) in [6.45, 7) is 1.84. The molecule has 1 amide bonds. The highest BCUT2D eigenvalue weighted by molar-refractivity contribution is 6.30. The van der Waals surface area contributed by atoms with Crippen LogP contribution in [0.1, 0.15) is 17.3 Å². The third kappa shape index (κ3) is 5.72. The van der Waals surface area contributed by atoms with E-state index in [0.29, 0.717) is 5.69 Å². The van der Waals surface area contributed by atoms with Crippen LogP contribution in [0.3, 0.4) is 0 Å². The first kappa shape index (κ1) is 23.7. The van der Waals surface area contributed by atoms with E-state index in [2.05, 4.69) is 10.6 Å². The van der Waals surface area contributed by atoms with Crippen molar-refractivity contribution < 1.29 is 19.4 Å². The van der Waals surface area contributed by atoms with E-state index in [1.807, 2.05) is 0 Å². The van der Waals surface area contributed by atoms with Gasteiger partial charge in [-0.05, 0) is 19.1 Å². The number of methoxy groups -OCH3 is 1. The average molecular weight is 452 g/mol. The van der Waals surface area contributed by atoms with Crippen LogP contribution in [0.25, 0.3) is 0 Å². The molecule has 0 heterocycles. The van der Waals surface area contributed by atoms with Gasteiger partial charge in [-0.15, -0.1) is 0 Å². The van der Waals surface area contributed by atoms with Gasteiger partial charge in [-0.3, -0.25) is 25.0 Å². The van der Waals surface area contributed by atoms with Crippen molar-refractivity contribution in [3.63, 3.8) is 0 Å². The normalized spacial score (nSPS) is 11.4. The molecule has 0 bridgehead atoms. The van der Waals surface area contributed by atoms with Gasteiger partial charge < -0.3 is 20.3 Å². The van der Waals surface area contributed by atoms with Crippen LogP contribution in [-0.2, 0) is 0 Å². The highest BCUT2D eigenvalue weighted by Crippen LogP contribution is 2.34. The summed E-state index contributed by atoms with van der Waals surface area (Å²) in [5, 5.41) is 28.4. The Bertz CT molecular complexity index is 1010. The fourth-order valence-electron chi connectivity index (χ4n) is 2.83. The Hall–Kier alpha value is -3.60. The standard InChI is InChI=1S/C19H22ClN5O6/c1-11(10-21-14-6-5-12(20)7-15(14)24(27)28)22-19(26)13-8-17(25(29)30)16(23(2)3)9-18(13)31-4/h5-9,11,21H,10H2,1-4H3,(H,22,26)/t11-/m0/s1.